The molecule has 3 rings (SSSR count). The molecule has 86 valence electrons. The Morgan fingerprint density at radius 2 is 1.71 bits per heavy atom. The van der Waals surface area contributed by atoms with E-state index in [4.69, 9.17) is 0 Å². The number of Topliss-reactive ketones (excluding diaryl/α,β-unsaturated/α-hetero) is 1. The van der Waals surface area contributed by atoms with Crippen molar-refractivity contribution < 1.29 is 4.79 Å². The minimum absolute atomic E-state index is 0.110. The third kappa shape index (κ3) is 1.69. The van der Waals surface area contributed by atoms with Gasteiger partial charge in [0.2, 0.25) is 0 Å². The Kier molecular flexibility index (Phi) is 2.01. The van der Waals surface area contributed by atoms with Gasteiger partial charge in [0.15, 0.2) is 5.78 Å². The average Bonchev–Trinajstić information content (AvgIpc) is 3.13. The van der Waals surface area contributed by atoms with E-state index in [2.05, 4.69) is 9.97 Å². The Morgan fingerprint density at radius 1 is 1.06 bits per heavy atom. The van der Waals surface area contributed by atoms with Crippen LogP contribution in [0.2, 0.25) is 0 Å². The number of aromatic nitrogens is 2. The minimum Gasteiger partial charge on any atom is -0.316 e. The largest absolute Gasteiger partial charge is 0.316 e. The molecule has 17 heavy (non-hydrogen) atoms. The number of hydrogen-bond acceptors (Lipinski definition) is 3. The number of H-pyrrole nitrogens is 2. The molecule has 1 saturated carbocycles. The third-order valence-corrected chi connectivity index (χ3v) is 2.95. The van der Waals surface area contributed by atoms with E-state index < -0.39 is 11.1 Å². The summed E-state index contributed by atoms with van der Waals surface area (Å²) in [5.41, 5.74) is 0.220. The minimum atomic E-state index is -0.700. The second kappa shape index (κ2) is 3.41. The van der Waals surface area contributed by atoms with E-state index in [0.29, 0.717) is 16.6 Å². The standard InChI is InChI=1S/C12H10N2O3/c15-10(6-1-2-6)7-3-4-8-9(5-7)14-12(17)11(16)13-8/h3-6H,1-2H2,(H,13,16)(H,14,17). The molecule has 1 aromatic carbocycles. The summed E-state index contributed by atoms with van der Waals surface area (Å²) in [6.45, 7) is 0. The molecule has 5 heteroatoms. The lowest BCUT2D eigenvalue weighted by Crippen LogP contribution is -2.28. The Hall–Kier alpha value is -2.17. The molecule has 5 nitrogen and oxygen atoms in total. The summed E-state index contributed by atoms with van der Waals surface area (Å²) < 4.78 is 0. The van der Waals surface area contributed by atoms with Gasteiger partial charge in [-0.1, -0.05) is 0 Å². The fourth-order valence-corrected chi connectivity index (χ4v) is 1.85. The van der Waals surface area contributed by atoms with Gasteiger partial charge in [-0.05, 0) is 31.0 Å². The van der Waals surface area contributed by atoms with Gasteiger partial charge in [-0.3, -0.25) is 14.4 Å². The highest BCUT2D eigenvalue weighted by atomic mass is 16.2. The van der Waals surface area contributed by atoms with Crippen molar-refractivity contribution in [3.05, 3.63) is 44.5 Å². The number of hydrogen-bond donors (Lipinski definition) is 2. The van der Waals surface area contributed by atoms with Crippen LogP contribution in [-0.4, -0.2) is 15.8 Å². The molecule has 0 radical (unpaired) electrons. The first kappa shape index (κ1) is 10.0. The number of carbonyl (C=O) groups excluding carboxylic acids is 1. The molecule has 1 fully saturated rings. The van der Waals surface area contributed by atoms with Crippen molar-refractivity contribution >= 4 is 16.8 Å². The molecule has 0 amide bonds. The predicted molar refractivity (Wildman–Crippen MR) is 62.2 cm³/mol. The molecule has 1 aromatic heterocycles. The highest BCUT2D eigenvalue weighted by Crippen LogP contribution is 2.32. The molecular weight excluding hydrogens is 220 g/mol. The zero-order valence-electron chi connectivity index (χ0n) is 8.95. The van der Waals surface area contributed by atoms with Crippen LogP contribution in [0.3, 0.4) is 0 Å². The lowest BCUT2D eigenvalue weighted by Gasteiger charge is -2.01. The van der Waals surface area contributed by atoms with Gasteiger partial charge in [-0.2, -0.15) is 0 Å². The molecule has 0 aliphatic heterocycles. The van der Waals surface area contributed by atoms with Crippen LogP contribution in [0.5, 0.6) is 0 Å². The zero-order valence-corrected chi connectivity index (χ0v) is 8.95. The second-order valence-corrected chi connectivity index (χ2v) is 4.31. The predicted octanol–water partition coefficient (Wildman–Crippen LogP) is 0.809. The maximum Gasteiger partial charge on any atom is 0.314 e. The number of ketones is 1. The number of nitrogens with one attached hydrogen (secondary N) is 2. The van der Waals surface area contributed by atoms with E-state index in [1.165, 1.54) is 0 Å². The van der Waals surface area contributed by atoms with Crippen LogP contribution in [0.1, 0.15) is 23.2 Å². The Labute approximate surface area is 95.5 Å². The molecular formula is C12H10N2O3. The molecule has 2 N–H and O–H groups in total. The number of rotatable bonds is 2. The van der Waals surface area contributed by atoms with Crippen molar-refractivity contribution in [2.24, 2.45) is 5.92 Å². The van der Waals surface area contributed by atoms with E-state index in [1.54, 1.807) is 18.2 Å². The Morgan fingerprint density at radius 3 is 2.35 bits per heavy atom. The van der Waals surface area contributed by atoms with Gasteiger partial charge in [0.1, 0.15) is 0 Å². The summed E-state index contributed by atoms with van der Waals surface area (Å²) >= 11 is 0. The molecule has 1 aliphatic rings. The maximum atomic E-state index is 11.8. The van der Waals surface area contributed by atoms with Crippen molar-refractivity contribution in [1.29, 1.82) is 0 Å². The van der Waals surface area contributed by atoms with Gasteiger partial charge in [0, 0.05) is 11.5 Å². The van der Waals surface area contributed by atoms with Gasteiger partial charge in [0.05, 0.1) is 11.0 Å². The van der Waals surface area contributed by atoms with Crippen LogP contribution < -0.4 is 11.1 Å². The van der Waals surface area contributed by atoms with E-state index in [9.17, 15) is 14.4 Å². The lowest BCUT2D eigenvalue weighted by molar-refractivity contribution is 0.0968. The normalized spacial score (nSPS) is 15.1. The summed E-state index contributed by atoms with van der Waals surface area (Å²) in [6, 6.07) is 4.94. The van der Waals surface area contributed by atoms with Crippen LogP contribution in [0.15, 0.2) is 27.8 Å². The Balaban J connectivity index is 2.18. The summed E-state index contributed by atoms with van der Waals surface area (Å²) in [4.78, 5) is 39.0. The fourth-order valence-electron chi connectivity index (χ4n) is 1.85. The average molecular weight is 230 g/mol. The highest BCUT2D eigenvalue weighted by molar-refractivity contribution is 6.01. The molecule has 1 aliphatic carbocycles. The van der Waals surface area contributed by atoms with Crippen LogP contribution in [0, 0.1) is 5.92 Å². The zero-order chi connectivity index (χ0) is 12.0. The summed E-state index contributed by atoms with van der Waals surface area (Å²) in [6.07, 6.45) is 1.89. The first-order valence-corrected chi connectivity index (χ1v) is 5.46. The third-order valence-electron chi connectivity index (χ3n) is 2.95. The second-order valence-electron chi connectivity index (χ2n) is 4.31. The van der Waals surface area contributed by atoms with Gasteiger partial charge in [-0.15, -0.1) is 0 Å². The van der Waals surface area contributed by atoms with E-state index in [-0.39, 0.29) is 11.7 Å². The fraction of sp³-hybridized carbons (Fsp3) is 0.250. The highest BCUT2D eigenvalue weighted by Gasteiger charge is 2.30. The van der Waals surface area contributed by atoms with Gasteiger partial charge in [-0.25, -0.2) is 0 Å². The quantitative estimate of drug-likeness (QED) is 0.591. The number of fused-ring (bicyclic) bond motifs is 1. The molecule has 2 aromatic rings. The van der Waals surface area contributed by atoms with Crippen molar-refractivity contribution in [2.45, 2.75) is 12.8 Å². The van der Waals surface area contributed by atoms with Crippen molar-refractivity contribution in [3.63, 3.8) is 0 Å². The van der Waals surface area contributed by atoms with Crippen LogP contribution in [0.25, 0.3) is 11.0 Å². The number of aromatic amines is 2. The van der Waals surface area contributed by atoms with Crippen molar-refractivity contribution in [3.8, 4) is 0 Å². The molecule has 0 unspecified atom stereocenters. The van der Waals surface area contributed by atoms with Crippen LogP contribution in [-0.2, 0) is 0 Å². The summed E-state index contributed by atoms with van der Waals surface area (Å²) in [5.74, 6) is 0.251. The lowest BCUT2D eigenvalue weighted by atomic mass is 10.1. The first-order chi connectivity index (χ1) is 8.15. The number of carbonyl (C=O) groups is 1. The first-order valence-electron chi connectivity index (χ1n) is 5.46. The van der Waals surface area contributed by atoms with Crippen molar-refractivity contribution in [1.82, 2.24) is 9.97 Å². The topological polar surface area (TPSA) is 82.8 Å². The molecule has 0 bridgehead atoms. The van der Waals surface area contributed by atoms with Crippen LogP contribution in [0.4, 0.5) is 0 Å². The summed E-state index contributed by atoms with van der Waals surface area (Å²) in [7, 11) is 0. The van der Waals surface area contributed by atoms with Crippen LogP contribution >= 0.6 is 0 Å². The van der Waals surface area contributed by atoms with Gasteiger partial charge < -0.3 is 9.97 Å². The van der Waals surface area contributed by atoms with Crippen molar-refractivity contribution in [2.75, 3.05) is 0 Å². The van der Waals surface area contributed by atoms with E-state index >= 15 is 0 Å². The smallest absolute Gasteiger partial charge is 0.314 e. The molecule has 1 heterocycles. The Bertz CT molecular complexity index is 722. The molecule has 0 saturated heterocycles. The monoisotopic (exact) mass is 230 g/mol. The van der Waals surface area contributed by atoms with Gasteiger partial charge >= 0.3 is 11.1 Å². The number of benzene rings is 1. The molecule has 0 atom stereocenters. The summed E-state index contributed by atoms with van der Waals surface area (Å²) in [5, 5.41) is 0. The maximum absolute atomic E-state index is 11.8. The molecule has 0 spiro atoms. The van der Waals surface area contributed by atoms with Gasteiger partial charge in [0.25, 0.3) is 0 Å². The van der Waals surface area contributed by atoms with E-state index in [1.807, 2.05) is 0 Å². The van der Waals surface area contributed by atoms with E-state index in [0.717, 1.165) is 12.8 Å². The SMILES string of the molecule is O=C(c1ccc2[nH]c(=O)c(=O)[nH]c2c1)C1CC1.